The van der Waals surface area contributed by atoms with E-state index in [1.165, 1.54) is 6.26 Å². The largest absolute Gasteiger partial charge is 0.367 e. The van der Waals surface area contributed by atoms with E-state index in [-0.39, 0.29) is 12.3 Å². The molecule has 5 nitrogen and oxygen atoms in total. The van der Waals surface area contributed by atoms with Crippen molar-refractivity contribution >= 4 is 27.0 Å². The fraction of sp³-hybridized carbons (Fsp3) is 0.278. The van der Waals surface area contributed by atoms with Gasteiger partial charge in [0.15, 0.2) is 15.6 Å². The van der Waals surface area contributed by atoms with Crippen LogP contribution in [-0.4, -0.2) is 33.7 Å². The van der Waals surface area contributed by atoms with Crippen molar-refractivity contribution in [1.29, 1.82) is 0 Å². The van der Waals surface area contributed by atoms with E-state index in [1.807, 2.05) is 36.1 Å². The molecule has 126 valence electrons. The quantitative estimate of drug-likeness (QED) is 0.907. The van der Waals surface area contributed by atoms with Gasteiger partial charge in [0.2, 0.25) is 0 Å². The average molecular weight is 344 g/mol. The Labute approximate surface area is 142 Å². The molecule has 3 rings (SSSR count). The molecule has 0 bridgehead atoms. The second-order valence-electron chi connectivity index (χ2n) is 6.18. The molecule has 2 aromatic rings. The Kier molecular flexibility index (Phi) is 4.09. The molecule has 0 atom stereocenters. The third-order valence-corrected chi connectivity index (χ3v) is 5.49. The smallest absolute Gasteiger partial charge is 0.184 e. The SMILES string of the molecule is Cc1cc(C)c(S(C)(=O)=O)cc1N1CNc2ccccc2C(=O)C1. The Morgan fingerprint density at radius 3 is 2.50 bits per heavy atom. The number of aryl methyl sites for hydroxylation is 2. The standard InChI is InChI=1S/C18H20N2O3S/c1-12-8-13(2)18(24(3,22)23)9-16(12)20-10-17(21)14-6-4-5-7-15(14)19-11-20/h4-9,19H,10-11H2,1-3H3. The zero-order valence-electron chi connectivity index (χ0n) is 14.0. The second-order valence-corrected chi connectivity index (χ2v) is 8.16. The highest BCUT2D eigenvalue weighted by molar-refractivity contribution is 7.90. The first kappa shape index (κ1) is 16.5. The zero-order chi connectivity index (χ0) is 17.5. The summed E-state index contributed by atoms with van der Waals surface area (Å²) in [6.45, 7) is 4.36. The number of Topliss-reactive ketones (excluding diaryl/α,β-unsaturated/α-hetero) is 1. The minimum absolute atomic E-state index is 0.0106. The van der Waals surface area contributed by atoms with Gasteiger partial charge in [-0.05, 0) is 43.2 Å². The van der Waals surface area contributed by atoms with Crippen molar-refractivity contribution in [3.63, 3.8) is 0 Å². The number of ketones is 1. The number of hydrogen-bond donors (Lipinski definition) is 1. The number of anilines is 2. The van der Waals surface area contributed by atoms with Crippen LogP contribution >= 0.6 is 0 Å². The van der Waals surface area contributed by atoms with E-state index >= 15 is 0 Å². The van der Waals surface area contributed by atoms with Gasteiger partial charge >= 0.3 is 0 Å². The second kappa shape index (κ2) is 5.94. The van der Waals surface area contributed by atoms with Gasteiger partial charge in [-0.15, -0.1) is 0 Å². The maximum Gasteiger partial charge on any atom is 0.184 e. The van der Waals surface area contributed by atoms with Crippen LogP contribution in [0.15, 0.2) is 41.3 Å². The van der Waals surface area contributed by atoms with Gasteiger partial charge in [0, 0.05) is 23.2 Å². The number of sulfone groups is 1. The van der Waals surface area contributed by atoms with Crippen molar-refractivity contribution in [2.24, 2.45) is 0 Å². The normalized spacial score (nSPS) is 14.8. The van der Waals surface area contributed by atoms with Gasteiger partial charge in [-0.1, -0.05) is 18.2 Å². The maximum absolute atomic E-state index is 12.5. The molecule has 6 heteroatoms. The molecule has 1 N–H and O–H groups in total. The molecule has 1 heterocycles. The molecule has 0 fully saturated rings. The summed E-state index contributed by atoms with van der Waals surface area (Å²) in [5.41, 5.74) is 3.89. The number of nitrogens with zero attached hydrogens (tertiary/aromatic N) is 1. The minimum Gasteiger partial charge on any atom is -0.367 e. The first-order chi connectivity index (χ1) is 11.3. The molecule has 0 saturated heterocycles. The van der Waals surface area contributed by atoms with Crippen LogP contribution in [0.25, 0.3) is 0 Å². The molecule has 0 unspecified atom stereocenters. The van der Waals surface area contributed by atoms with Crippen molar-refractivity contribution in [1.82, 2.24) is 0 Å². The predicted octanol–water partition coefficient (Wildman–Crippen LogP) is 2.78. The van der Waals surface area contributed by atoms with Crippen molar-refractivity contribution in [2.45, 2.75) is 18.7 Å². The molecule has 0 amide bonds. The first-order valence-electron chi connectivity index (χ1n) is 7.70. The molecule has 24 heavy (non-hydrogen) atoms. The van der Waals surface area contributed by atoms with Gasteiger partial charge in [0.05, 0.1) is 18.1 Å². The monoisotopic (exact) mass is 344 g/mol. The molecule has 0 saturated carbocycles. The Hall–Kier alpha value is -2.34. The van der Waals surface area contributed by atoms with E-state index in [0.29, 0.717) is 17.1 Å². The van der Waals surface area contributed by atoms with Crippen LogP contribution in [0.4, 0.5) is 11.4 Å². The van der Waals surface area contributed by atoms with Gasteiger partial charge in [0.1, 0.15) is 0 Å². The summed E-state index contributed by atoms with van der Waals surface area (Å²) < 4.78 is 24.0. The summed E-state index contributed by atoms with van der Waals surface area (Å²) in [4.78, 5) is 14.7. The van der Waals surface area contributed by atoms with Crippen LogP contribution in [0.3, 0.4) is 0 Å². The predicted molar refractivity (Wildman–Crippen MR) is 95.6 cm³/mol. The van der Waals surface area contributed by atoms with Crippen molar-refractivity contribution in [3.8, 4) is 0 Å². The summed E-state index contributed by atoms with van der Waals surface area (Å²) in [7, 11) is -3.32. The lowest BCUT2D eigenvalue weighted by molar-refractivity contribution is 0.100. The van der Waals surface area contributed by atoms with Gasteiger partial charge in [-0.25, -0.2) is 8.42 Å². The Bertz CT molecular complexity index is 920. The van der Waals surface area contributed by atoms with Crippen LogP contribution < -0.4 is 10.2 Å². The van der Waals surface area contributed by atoms with E-state index in [9.17, 15) is 13.2 Å². The molecule has 1 aliphatic heterocycles. The molecule has 0 radical (unpaired) electrons. The van der Waals surface area contributed by atoms with Crippen LogP contribution in [0.5, 0.6) is 0 Å². The number of rotatable bonds is 2. The van der Waals surface area contributed by atoms with Crippen molar-refractivity contribution in [2.75, 3.05) is 29.7 Å². The molecule has 0 aromatic heterocycles. The lowest BCUT2D eigenvalue weighted by Gasteiger charge is -2.25. The van der Waals surface area contributed by atoms with E-state index in [1.54, 1.807) is 19.1 Å². The number of hydrogen-bond acceptors (Lipinski definition) is 5. The molecule has 0 aliphatic carbocycles. The first-order valence-corrected chi connectivity index (χ1v) is 9.59. The third kappa shape index (κ3) is 3.01. The minimum atomic E-state index is -3.32. The molecule has 1 aliphatic rings. The summed E-state index contributed by atoms with van der Waals surface area (Å²) >= 11 is 0. The fourth-order valence-corrected chi connectivity index (χ4v) is 4.08. The van der Waals surface area contributed by atoms with E-state index in [4.69, 9.17) is 0 Å². The van der Waals surface area contributed by atoms with E-state index in [0.717, 1.165) is 22.5 Å². The molecular formula is C18H20N2O3S. The number of para-hydroxylation sites is 1. The van der Waals surface area contributed by atoms with Gasteiger partial charge in [-0.2, -0.15) is 0 Å². The summed E-state index contributed by atoms with van der Waals surface area (Å²) in [5, 5.41) is 3.26. The number of benzene rings is 2. The molecular weight excluding hydrogens is 324 g/mol. The van der Waals surface area contributed by atoms with Gasteiger partial charge < -0.3 is 10.2 Å². The number of nitrogens with one attached hydrogen (secondary N) is 1. The van der Waals surface area contributed by atoms with Gasteiger partial charge in [-0.3, -0.25) is 4.79 Å². The lowest BCUT2D eigenvalue weighted by atomic mass is 10.1. The fourth-order valence-electron chi connectivity index (χ4n) is 3.11. The van der Waals surface area contributed by atoms with E-state index < -0.39 is 9.84 Å². The summed E-state index contributed by atoms with van der Waals surface area (Å²) in [5.74, 6) is 0.0106. The van der Waals surface area contributed by atoms with Crippen LogP contribution in [0.1, 0.15) is 21.5 Å². The van der Waals surface area contributed by atoms with E-state index in [2.05, 4.69) is 5.32 Å². The lowest BCUT2D eigenvalue weighted by Crippen LogP contribution is -2.32. The number of carbonyl (C=O) groups is 1. The summed E-state index contributed by atoms with van der Waals surface area (Å²) in [6.07, 6.45) is 1.20. The third-order valence-electron chi connectivity index (χ3n) is 4.26. The highest BCUT2D eigenvalue weighted by atomic mass is 32.2. The number of fused-ring (bicyclic) bond motifs is 1. The van der Waals surface area contributed by atoms with Crippen molar-refractivity contribution < 1.29 is 13.2 Å². The molecule has 0 spiro atoms. The van der Waals surface area contributed by atoms with Gasteiger partial charge in [0.25, 0.3) is 0 Å². The topological polar surface area (TPSA) is 66.5 Å². The maximum atomic E-state index is 12.5. The Morgan fingerprint density at radius 1 is 1.08 bits per heavy atom. The number of carbonyl (C=O) groups excluding carboxylic acids is 1. The van der Waals surface area contributed by atoms with Crippen LogP contribution in [0.2, 0.25) is 0 Å². The zero-order valence-corrected chi connectivity index (χ0v) is 14.8. The summed E-state index contributed by atoms with van der Waals surface area (Å²) in [6, 6.07) is 10.9. The Balaban J connectivity index is 2.03. The van der Waals surface area contributed by atoms with Crippen LogP contribution in [0, 0.1) is 13.8 Å². The highest BCUT2D eigenvalue weighted by Gasteiger charge is 2.23. The average Bonchev–Trinajstić information content (AvgIpc) is 2.66. The molecule has 2 aromatic carbocycles. The van der Waals surface area contributed by atoms with Crippen molar-refractivity contribution in [3.05, 3.63) is 53.1 Å². The Morgan fingerprint density at radius 2 is 1.79 bits per heavy atom. The van der Waals surface area contributed by atoms with Crippen LogP contribution in [-0.2, 0) is 9.84 Å². The highest BCUT2D eigenvalue weighted by Crippen LogP contribution is 2.29.